The maximum Gasteiger partial charge on any atom is 0.275 e. The fourth-order valence-electron chi connectivity index (χ4n) is 2.09. The molecule has 0 saturated carbocycles. The van der Waals surface area contributed by atoms with Gasteiger partial charge in [0.1, 0.15) is 11.5 Å². The number of benzene rings is 2. The van der Waals surface area contributed by atoms with Crippen LogP contribution in [0.25, 0.3) is 0 Å². The molecule has 7 nitrogen and oxygen atoms in total. The van der Waals surface area contributed by atoms with Gasteiger partial charge >= 0.3 is 0 Å². The van der Waals surface area contributed by atoms with Crippen molar-refractivity contribution in [3.05, 3.63) is 47.5 Å². The highest BCUT2D eigenvalue weighted by atomic mass is 16.5. The van der Waals surface area contributed by atoms with Gasteiger partial charge in [0.2, 0.25) is 0 Å². The Bertz CT molecular complexity index is 774. The van der Waals surface area contributed by atoms with Crippen molar-refractivity contribution in [3.63, 3.8) is 0 Å². The van der Waals surface area contributed by atoms with Gasteiger partial charge in [0, 0.05) is 6.07 Å². The van der Waals surface area contributed by atoms with Crippen LogP contribution in [0.4, 0.5) is 0 Å². The normalized spacial score (nSPS) is 10.5. The van der Waals surface area contributed by atoms with E-state index in [1.807, 2.05) is 6.92 Å². The molecule has 2 rings (SSSR count). The smallest absolute Gasteiger partial charge is 0.275 e. The highest BCUT2D eigenvalue weighted by Crippen LogP contribution is 2.26. The van der Waals surface area contributed by atoms with Gasteiger partial charge in [-0.1, -0.05) is 0 Å². The molecule has 2 aromatic rings. The summed E-state index contributed by atoms with van der Waals surface area (Å²) in [6, 6.07) is 9.66. The van der Waals surface area contributed by atoms with Crippen LogP contribution in [0, 0.1) is 0 Å². The van der Waals surface area contributed by atoms with Gasteiger partial charge < -0.3 is 19.3 Å². The first-order chi connectivity index (χ1) is 12.1. The number of ether oxygens (including phenoxy) is 3. The van der Waals surface area contributed by atoms with Crippen LogP contribution < -0.4 is 19.6 Å². The molecule has 0 atom stereocenters. The minimum atomic E-state index is -0.417. The third-order valence-corrected chi connectivity index (χ3v) is 3.32. The zero-order chi connectivity index (χ0) is 18.2. The number of phenols is 1. The van der Waals surface area contributed by atoms with Gasteiger partial charge in [-0.2, -0.15) is 5.10 Å². The van der Waals surface area contributed by atoms with E-state index in [1.54, 1.807) is 30.3 Å². The van der Waals surface area contributed by atoms with Crippen molar-refractivity contribution < 1.29 is 24.1 Å². The second-order valence-electron chi connectivity index (χ2n) is 4.93. The van der Waals surface area contributed by atoms with Gasteiger partial charge in [0.15, 0.2) is 11.5 Å². The van der Waals surface area contributed by atoms with Crippen molar-refractivity contribution in [2.24, 2.45) is 5.10 Å². The van der Waals surface area contributed by atoms with Crippen molar-refractivity contribution in [2.45, 2.75) is 6.92 Å². The van der Waals surface area contributed by atoms with E-state index in [4.69, 9.17) is 14.2 Å². The van der Waals surface area contributed by atoms with Gasteiger partial charge in [-0.15, -0.1) is 0 Å². The predicted molar refractivity (Wildman–Crippen MR) is 93.9 cm³/mol. The van der Waals surface area contributed by atoms with Crippen LogP contribution in [-0.2, 0) is 0 Å². The molecule has 25 heavy (non-hydrogen) atoms. The van der Waals surface area contributed by atoms with E-state index in [-0.39, 0.29) is 5.75 Å². The van der Waals surface area contributed by atoms with Crippen LogP contribution >= 0.6 is 0 Å². The average molecular weight is 344 g/mol. The maximum absolute atomic E-state index is 12.2. The molecule has 1 amide bonds. The molecule has 0 saturated heterocycles. The molecule has 0 bridgehead atoms. The number of carbonyl (C=O) groups is 1. The van der Waals surface area contributed by atoms with Gasteiger partial charge in [0.05, 0.1) is 32.6 Å². The van der Waals surface area contributed by atoms with Crippen LogP contribution in [0.3, 0.4) is 0 Å². The first-order valence-electron chi connectivity index (χ1n) is 7.60. The number of amides is 1. The average Bonchev–Trinajstić information content (AvgIpc) is 2.63. The second-order valence-corrected chi connectivity index (χ2v) is 4.93. The molecule has 0 heterocycles. The van der Waals surface area contributed by atoms with E-state index in [0.717, 1.165) is 0 Å². The molecule has 0 aliphatic heterocycles. The number of aromatic hydroxyl groups is 1. The van der Waals surface area contributed by atoms with E-state index in [2.05, 4.69) is 10.5 Å². The van der Waals surface area contributed by atoms with Crippen molar-refractivity contribution in [3.8, 4) is 23.0 Å². The fourth-order valence-corrected chi connectivity index (χ4v) is 2.09. The maximum atomic E-state index is 12.2. The zero-order valence-electron chi connectivity index (χ0n) is 14.3. The molecule has 0 aromatic heterocycles. The Labute approximate surface area is 145 Å². The molecule has 7 heteroatoms. The third kappa shape index (κ3) is 4.63. The van der Waals surface area contributed by atoms with Crippen LogP contribution in [0.5, 0.6) is 23.0 Å². The van der Waals surface area contributed by atoms with Gasteiger partial charge in [-0.25, -0.2) is 5.43 Å². The fraction of sp³-hybridized carbons (Fsp3) is 0.222. The number of nitrogens with one attached hydrogen (secondary N) is 1. The summed E-state index contributed by atoms with van der Waals surface area (Å²) in [5, 5.41) is 13.6. The van der Waals surface area contributed by atoms with Crippen LogP contribution in [0.15, 0.2) is 41.5 Å². The van der Waals surface area contributed by atoms with E-state index >= 15 is 0 Å². The number of phenolic OH excluding ortho intramolecular Hbond substituents is 1. The lowest BCUT2D eigenvalue weighted by atomic mass is 10.2. The second kappa shape index (κ2) is 8.58. The number of hydrogen-bond acceptors (Lipinski definition) is 6. The number of rotatable bonds is 7. The van der Waals surface area contributed by atoms with E-state index in [9.17, 15) is 9.90 Å². The standard InChI is InChI=1S/C18H20N2O5/c1-4-25-17-9-12(5-8-15(17)21)11-19-20-18(22)14-7-6-13(23-2)10-16(14)24-3/h5-11,21H,4H2,1-3H3,(H,20,22)/b19-11-. The van der Waals surface area contributed by atoms with E-state index < -0.39 is 5.91 Å². The summed E-state index contributed by atoms with van der Waals surface area (Å²) >= 11 is 0. The van der Waals surface area contributed by atoms with Crippen LogP contribution in [0.2, 0.25) is 0 Å². The zero-order valence-corrected chi connectivity index (χ0v) is 14.3. The van der Waals surface area contributed by atoms with Crippen molar-refractivity contribution in [2.75, 3.05) is 20.8 Å². The Hall–Kier alpha value is -3.22. The van der Waals surface area contributed by atoms with Gasteiger partial charge in [-0.05, 0) is 42.8 Å². The molecular weight excluding hydrogens is 324 g/mol. The summed E-state index contributed by atoms with van der Waals surface area (Å²) in [6.07, 6.45) is 1.45. The molecule has 0 radical (unpaired) electrons. The Kier molecular flexibility index (Phi) is 6.22. The highest BCUT2D eigenvalue weighted by Gasteiger charge is 2.12. The summed E-state index contributed by atoms with van der Waals surface area (Å²) < 4.78 is 15.6. The lowest BCUT2D eigenvalue weighted by Crippen LogP contribution is -2.18. The number of carbonyl (C=O) groups excluding carboxylic acids is 1. The van der Waals surface area contributed by atoms with Gasteiger partial charge in [-0.3, -0.25) is 4.79 Å². The molecular formula is C18H20N2O5. The summed E-state index contributed by atoms with van der Waals surface area (Å²) in [5.74, 6) is 0.958. The summed E-state index contributed by atoms with van der Waals surface area (Å²) in [6.45, 7) is 2.25. The molecule has 0 aliphatic carbocycles. The SMILES string of the molecule is CCOc1cc(/C=N\NC(=O)c2ccc(OC)cc2OC)ccc1O. The monoisotopic (exact) mass is 344 g/mol. The Morgan fingerprint density at radius 3 is 2.64 bits per heavy atom. The first-order valence-corrected chi connectivity index (χ1v) is 7.60. The lowest BCUT2D eigenvalue weighted by Gasteiger charge is -2.09. The molecule has 0 unspecified atom stereocenters. The molecule has 0 spiro atoms. The largest absolute Gasteiger partial charge is 0.504 e. The lowest BCUT2D eigenvalue weighted by molar-refractivity contribution is 0.0952. The Morgan fingerprint density at radius 1 is 1.16 bits per heavy atom. The molecule has 2 N–H and O–H groups in total. The minimum Gasteiger partial charge on any atom is -0.504 e. The predicted octanol–water partition coefficient (Wildman–Crippen LogP) is 2.57. The molecule has 0 aliphatic rings. The topological polar surface area (TPSA) is 89.4 Å². The summed E-state index contributed by atoms with van der Waals surface area (Å²) in [4.78, 5) is 12.2. The van der Waals surface area contributed by atoms with Crippen molar-refractivity contribution in [1.82, 2.24) is 5.43 Å². The first kappa shape index (κ1) is 18.1. The number of hydrogen-bond donors (Lipinski definition) is 2. The van der Waals surface area contributed by atoms with Crippen LogP contribution in [0.1, 0.15) is 22.8 Å². The van der Waals surface area contributed by atoms with Crippen LogP contribution in [-0.4, -0.2) is 38.1 Å². The number of nitrogens with zero attached hydrogens (tertiary/aromatic N) is 1. The van der Waals surface area contributed by atoms with E-state index in [0.29, 0.717) is 35.0 Å². The number of methoxy groups -OCH3 is 2. The molecule has 132 valence electrons. The summed E-state index contributed by atoms with van der Waals surface area (Å²) in [5.41, 5.74) is 3.44. The summed E-state index contributed by atoms with van der Waals surface area (Å²) in [7, 11) is 3.01. The van der Waals surface area contributed by atoms with Gasteiger partial charge in [0.25, 0.3) is 5.91 Å². The van der Waals surface area contributed by atoms with E-state index in [1.165, 1.54) is 26.5 Å². The molecule has 2 aromatic carbocycles. The Morgan fingerprint density at radius 2 is 1.96 bits per heavy atom. The molecule has 0 fully saturated rings. The van der Waals surface area contributed by atoms with Crippen molar-refractivity contribution >= 4 is 12.1 Å². The third-order valence-electron chi connectivity index (χ3n) is 3.32. The number of hydrazone groups is 1. The Balaban J connectivity index is 2.09. The van der Waals surface area contributed by atoms with Crippen molar-refractivity contribution in [1.29, 1.82) is 0 Å². The minimum absolute atomic E-state index is 0.0472. The quantitative estimate of drug-likeness (QED) is 0.595. The highest BCUT2D eigenvalue weighted by molar-refractivity contribution is 5.97.